The second kappa shape index (κ2) is 6.91. The number of methoxy groups -OCH3 is 2. The van der Waals surface area contributed by atoms with Gasteiger partial charge in [0.2, 0.25) is 0 Å². The second-order valence-electron chi connectivity index (χ2n) is 4.70. The third kappa shape index (κ3) is 3.65. The summed E-state index contributed by atoms with van der Waals surface area (Å²) >= 11 is 0. The van der Waals surface area contributed by atoms with Crippen LogP contribution < -0.4 is 9.46 Å². The van der Waals surface area contributed by atoms with Crippen LogP contribution in [-0.4, -0.2) is 38.7 Å². The first-order chi connectivity index (χ1) is 10.5. The Balaban J connectivity index is 2.14. The fraction of sp³-hybridized carbons (Fsp3) is 0.357. The lowest BCUT2D eigenvalue weighted by Crippen LogP contribution is -2.29. The molecular formula is C14H19N3O4S. The van der Waals surface area contributed by atoms with Crippen LogP contribution in [0.2, 0.25) is 0 Å². The van der Waals surface area contributed by atoms with Crippen LogP contribution in [-0.2, 0) is 21.8 Å². The van der Waals surface area contributed by atoms with Gasteiger partial charge in [-0.3, -0.25) is 0 Å². The van der Waals surface area contributed by atoms with Gasteiger partial charge in [-0.25, -0.2) is 18.1 Å². The summed E-state index contributed by atoms with van der Waals surface area (Å²) in [6, 6.07) is 7.32. The standard InChI is InChI=1S/C14H19N3O4S/c1-17-9-14(15-10-17)22(18,19)16-8-13(21-3)11-6-4-5-7-12(11)20-2/h4-7,9-10,13,16H,8H2,1-3H3. The Morgan fingerprint density at radius 3 is 2.64 bits per heavy atom. The van der Waals surface area contributed by atoms with E-state index in [2.05, 4.69) is 9.71 Å². The van der Waals surface area contributed by atoms with E-state index < -0.39 is 16.1 Å². The highest BCUT2D eigenvalue weighted by molar-refractivity contribution is 7.89. The van der Waals surface area contributed by atoms with Crippen molar-refractivity contribution >= 4 is 10.0 Å². The maximum atomic E-state index is 12.2. The van der Waals surface area contributed by atoms with Crippen LogP contribution in [0.5, 0.6) is 5.75 Å². The molecule has 2 aromatic rings. The number of aromatic nitrogens is 2. The third-order valence-electron chi connectivity index (χ3n) is 3.19. The Hall–Kier alpha value is -1.90. The summed E-state index contributed by atoms with van der Waals surface area (Å²) in [4.78, 5) is 3.84. The summed E-state index contributed by atoms with van der Waals surface area (Å²) in [7, 11) is 1.11. The number of ether oxygens (including phenoxy) is 2. The van der Waals surface area contributed by atoms with Gasteiger partial charge in [-0.2, -0.15) is 0 Å². The Morgan fingerprint density at radius 1 is 1.32 bits per heavy atom. The molecule has 7 nitrogen and oxygen atoms in total. The van der Waals surface area contributed by atoms with Crippen molar-refractivity contribution in [3.05, 3.63) is 42.4 Å². The molecule has 0 radical (unpaired) electrons. The molecule has 1 unspecified atom stereocenters. The zero-order valence-corrected chi connectivity index (χ0v) is 13.5. The molecule has 0 amide bonds. The van der Waals surface area contributed by atoms with E-state index in [1.807, 2.05) is 18.2 Å². The van der Waals surface area contributed by atoms with E-state index in [4.69, 9.17) is 9.47 Å². The van der Waals surface area contributed by atoms with E-state index in [-0.39, 0.29) is 11.6 Å². The number of nitrogens with zero attached hydrogens (tertiary/aromatic N) is 2. The van der Waals surface area contributed by atoms with Crippen molar-refractivity contribution in [2.24, 2.45) is 7.05 Å². The van der Waals surface area contributed by atoms with Crippen molar-refractivity contribution in [1.29, 1.82) is 0 Å². The van der Waals surface area contributed by atoms with E-state index >= 15 is 0 Å². The van der Waals surface area contributed by atoms with Crippen LogP contribution in [0.25, 0.3) is 0 Å². The molecule has 22 heavy (non-hydrogen) atoms. The predicted octanol–water partition coefficient (Wildman–Crippen LogP) is 1.09. The highest BCUT2D eigenvalue weighted by Crippen LogP contribution is 2.26. The first-order valence-electron chi connectivity index (χ1n) is 6.61. The monoisotopic (exact) mass is 325 g/mol. The van der Waals surface area contributed by atoms with Crippen LogP contribution >= 0.6 is 0 Å². The second-order valence-corrected chi connectivity index (χ2v) is 6.41. The fourth-order valence-corrected chi connectivity index (χ4v) is 3.05. The lowest BCUT2D eigenvalue weighted by Gasteiger charge is -2.18. The minimum absolute atomic E-state index is 0.0233. The highest BCUT2D eigenvalue weighted by atomic mass is 32.2. The Bertz CT molecular complexity index is 727. The van der Waals surface area contributed by atoms with Gasteiger partial charge in [-0.15, -0.1) is 0 Å². The fourth-order valence-electron chi connectivity index (χ4n) is 2.04. The van der Waals surface area contributed by atoms with Crippen molar-refractivity contribution in [1.82, 2.24) is 14.3 Å². The lowest BCUT2D eigenvalue weighted by molar-refractivity contribution is 0.105. The van der Waals surface area contributed by atoms with Crippen molar-refractivity contribution in [2.75, 3.05) is 20.8 Å². The molecule has 1 atom stereocenters. The number of imidazole rings is 1. The van der Waals surface area contributed by atoms with Gasteiger partial charge in [0, 0.05) is 32.5 Å². The summed E-state index contributed by atoms with van der Waals surface area (Å²) in [6.45, 7) is 0.0791. The summed E-state index contributed by atoms with van der Waals surface area (Å²) in [5.41, 5.74) is 0.774. The van der Waals surface area contributed by atoms with Crippen LogP contribution in [0.15, 0.2) is 41.8 Å². The zero-order chi connectivity index (χ0) is 16.2. The molecule has 0 aliphatic carbocycles. The molecule has 0 saturated heterocycles. The van der Waals surface area contributed by atoms with E-state index in [1.165, 1.54) is 19.6 Å². The Kier molecular flexibility index (Phi) is 5.17. The maximum absolute atomic E-state index is 12.2. The molecular weight excluding hydrogens is 306 g/mol. The number of hydrogen-bond acceptors (Lipinski definition) is 5. The van der Waals surface area contributed by atoms with Gasteiger partial charge in [0.15, 0.2) is 5.03 Å². The SMILES string of the molecule is COc1ccccc1C(CNS(=O)(=O)c1cn(C)cn1)OC. The van der Waals surface area contributed by atoms with Gasteiger partial charge in [0.05, 0.1) is 19.5 Å². The van der Waals surface area contributed by atoms with Crippen molar-refractivity contribution in [3.63, 3.8) is 0 Å². The van der Waals surface area contributed by atoms with Gasteiger partial charge in [0.25, 0.3) is 10.0 Å². The Morgan fingerprint density at radius 2 is 2.05 bits per heavy atom. The minimum atomic E-state index is -3.67. The molecule has 0 aliphatic rings. The first kappa shape index (κ1) is 16.5. The topological polar surface area (TPSA) is 82.5 Å². The molecule has 0 fully saturated rings. The van der Waals surface area contributed by atoms with Crippen molar-refractivity contribution in [2.45, 2.75) is 11.1 Å². The first-order valence-corrected chi connectivity index (χ1v) is 8.09. The molecule has 2 rings (SSSR count). The number of rotatable bonds is 7. The average molecular weight is 325 g/mol. The smallest absolute Gasteiger partial charge is 0.259 e. The van der Waals surface area contributed by atoms with Crippen molar-refractivity contribution < 1.29 is 17.9 Å². The summed E-state index contributed by atoms with van der Waals surface area (Å²) in [6.07, 6.45) is 2.41. The lowest BCUT2D eigenvalue weighted by atomic mass is 10.1. The molecule has 0 bridgehead atoms. The van der Waals surface area contributed by atoms with Gasteiger partial charge in [-0.05, 0) is 6.07 Å². The summed E-state index contributed by atoms with van der Waals surface area (Å²) in [5.74, 6) is 0.645. The van der Waals surface area contributed by atoms with E-state index in [0.29, 0.717) is 5.75 Å². The molecule has 1 aromatic carbocycles. The Labute approximate surface area is 129 Å². The van der Waals surface area contributed by atoms with E-state index in [0.717, 1.165) is 5.56 Å². The molecule has 1 heterocycles. The number of aryl methyl sites for hydroxylation is 1. The largest absolute Gasteiger partial charge is 0.496 e. The van der Waals surface area contributed by atoms with Gasteiger partial charge >= 0.3 is 0 Å². The molecule has 8 heteroatoms. The molecule has 0 aliphatic heterocycles. The van der Waals surface area contributed by atoms with Gasteiger partial charge < -0.3 is 14.0 Å². The van der Waals surface area contributed by atoms with Crippen LogP contribution in [0, 0.1) is 0 Å². The summed E-state index contributed by atoms with van der Waals surface area (Å²) < 4.78 is 39.1. The third-order valence-corrected chi connectivity index (χ3v) is 4.49. The molecule has 1 N–H and O–H groups in total. The van der Waals surface area contributed by atoms with E-state index in [1.54, 1.807) is 24.8 Å². The quantitative estimate of drug-likeness (QED) is 0.824. The number of para-hydroxylation sites is 1. The zero-order valence-electron chi connectivity index (χ0n) is 12.7. The van der Waals surface area contributed by atoms with Crippen LogP contribution in [0.1, 0.15) is 11.7 Å². The molecule has 0 saturated carbocycles. The van der Waals surface area contributed by atoms with Gasteiger partial charge in [-0.1, -0.05) is 18.2 Å². The number of nitrogens with one attached hydrogen (secondary N) is 1. The number of sulfonamides is 1. The number of benzene rings is 1. The molecule has 0 spiro atoms. The highest BCUT2D eigenvalue weighted by Gasteiger charge is 2.21. The average Bonchev–Trinajstić information content (AvgIpc) is 2.96. The van der Waals surface area contributed by atoms with Crippen LogP contribution in [0.3, 0.4) is 0 Å². The number of hydrogen-bond donors (Lipinski definition) is 1. The molecule has 1 aromatic heterocycles. The normalized spacial score (nSPS) is 13.0. The van der Waals surface area contributed by atoms with E-state index in [9.17, 15) is 8.42 Å². The van der Waals surface area contributed by atoms with Gasteiger partial charge in [0.1, 0.15) is 5.75 Å². The minimum Gasteiger partial charge on any atom is -0.496 e. The summed E-state index contributed by atoms with van der Waals surface area (Å²) in [5, 5.41) is -0.0233. The predicted molar refractivity (Wildman–Crippen MR) is 81.1 cm³/mol. The van der Waals surface area contributed by atoms with Crippen molar-refractivity contribution in [3.8, 4) is 5.75 Å². The van der Waals surface area contributed by atoms with Crippen LogP contribution in [0.4, 0.5) is 0 Å². The maximum Gasteiger partial charge on any atom is 0.259 e. The molecule has 120 valence electrons.